The van der Waals surface area contributed by atoms with Crippen LogP contribution < -0.4 is 9.47 Å². The molecular weight excluding hydrogens is 398 g/mol. The molecule has 1 unspecified atom stereocenters. The highest BCUT2D eigenvalue weighted by Gasteiger charge is 2.32. The Balaban J connectivity index is 1.17. The summed E-state index contributed by atoms with van der Waals surface area (Å²) in [6, 6.07) is 8.48. The third-order valence-corrected chi connectivity index (χ3v) is 7.07. The molecule has 1 aromatic carbocycles. The number of benzene rings is 1. The van der Waals surface area contributed by atoms with E-state index < -0.39 is 0 Å². The summed E-state index contributed by atoms with van der Waals surface area (Å²) in [5.41, 5.74) is 2.55. The van der Waals surface area contributed by atoms with Crippen LogP contribution in [0.3, 0.4) is 0 Å². The van der Waals surface area contributed by atoms with Crippen LogP contribution in [0.4, 0.5) is 0 Å². The minimum absolute atomic E-state index is 0.146. The highest BCUT2D eigenvalue weighted by atomic mass is 32.1. The van der Waals surface area contributed by atoms with Crippen LogP contribution in [0, 0.1) is 0 Å². The van der Waals surface area contributed by atoms with Crippen LogP contribution in [0.15, 0.2) is 35.0 Å². The number of carbonyl (C=O) groups is 1. The molecule has 1 amide bonds. The fourth-order valence-electron chi connectivity index (χ4n) is 4.71. The standard InChI is InChI=1S/C23H29N3O3S/c27-23(16-25-9-7-24(8-10-25)15-18-5-13-30-17-18)26-6-1-2-20(26)19-3-4-21-22(14-19)29-12-11-28-21/h3-5,13-14,17,20H,1-2,6-12,15-16H2. The van der Waals surface area contributed by atoms with Gasteiger partial charge in [0.1, 0.15) is 13.2 Å². The van der Waals surface area contributed by atoms with Crippen LogP contribution >= 0.6 is 11.3 Å². The molecule has 160 valence electrons. The van der Waals surface area contributed by atoms with E-state index in [9.17, 15) is 4.79 Å². The predicted molar refractivity (Wildman–Crippen MR) is 117 cm³/mol. The molecule has 0 saturated carbocycles. The van der Waals surface area contributed by atoms with Gasteiger partial charge in [-0.1, -0.05) is 6.07 Å². The lowest BCUT2D eigenvalue weighted by atomic mass is 10.0. The first-order chi connectivity index (χ1) is 14.8. The van der Waals surface area contributed by atoms with E-state index in [0.29, 0.717) is 19.8 Å². The molecule has 0 aliphatic carbocycles. The summed E-state index contributed by atoms with van der Waals surface area (Å²) in [4.78, 5) is 20.0. The van der Waals surface area contributed by atoms with E-state index in [0.717, 1.165) is 69.2 Å². The number of hydrogen-bond donors (Lipinski definition) is 0. The second-order valence-corrected chi connectivity index (χ2v) is 9.11. The van der Waals surface area contributed by atoms with Gasteiger partial charge in [0, 0.05) is 39.3 Å². The minimum Gasteiger partial charge on any atom is -0.486 e. The maximum atomic E-state index is 13.1. The van der Waals surface area contributed by atoms with E-state index in [1.54, 1.807) is 11.3 Å². The van der Waals surface area contributed by atoms with Gasteiger partial charge in [-0.2, -0.15) is 11.3 Å². The summed E-state index contributed by atoms with van der Waals surface area (Å²) in [5, 5.41) is 4.36. The van der Waals surface area contributed by atoms with Crippen molar-refractivity contribution in [3.05, 3.63) is 46.2 Å². The number of likely N-dealkylation sites (tertiary alicyclic amines) is 1. The summed E-state index contributed by atoms with van der Waals surface area (Å²) < 4.78 is 11.4. The SMILES string of the molecule is O=C(CN1CCN(Cc2ccsc2)CC1)N1CCCC1c1ccc2c(c1)OCCO2. The highest BCUT2D eigenvalue weighted by molar-refractivity contribution is 7.07. The molecule has 5 rings (SSSR count). The molecule has 6 nitrogen and oxygen atoms in total. The van der Waals surface area contributed by atoms with Crippen molar-refractivity contribution in [2.75, 3.05) is 52.5 Å². The summed E-state index contributed by atoms with van der Waals surface area (Å²) in [6.45, 7) is 7.52. The van der Waals surface area contributed by atoms with Crippen LogP contribution in [0.25, 0.3) is 0 Å². The number of hydrogen-bond acceptors (Lipinski definition) is 6. The Hall–Kier alpha value is -2.09. The van der Waals surface area contributed by atoms with Crippen molar-refractivity contribution in [2.24, 2.45) is 0 Å². The summed E-state index contributed by atoms with van der Waals surface area (Å²) in [7, 11) is 0. The third-order valence-electron chi connectivity index (χ3n) is 6.33. The molecule has 2 fully saturated rings. The van der Waals surface area contributed by atoms with Gasteiger partial charge < -0.3 is 14.4 Å². The molecule has 30 heavy (non-hydrogen) atoms. The lowest BCUT2D eigenvalue weighted by Crippen LogP contribution is -2.49. The largest absolute Gasteiger partial charge is 0.486 e. The van der Waals surface area contributed by atoms with Crippen molar-refractivity contribution < 1.29 is 14.3 Å². The van der Waals surface area contributed by atoms with Crippen LogP contribution in [0.5, 0.6) is 11.5 Å². The summed E-state index contributed by atoms with van der Waals surface area (Å²) >= 11 is 1.75. The average molecular weight is 428 g/mol. The highest BCUT2D eigenvalue weighted by Crippen LogP contribution is 2.38. The van der Waals surface area contributed by atoms with Gasteiger partial charge in [0.25, 0.3) is 0 Å². The van der Waals surface area contributed by atoms with E-state index in [2.05, 4.69) is 43.7 Å². The Morgan fingerprint density at radius 1 is 1.00 bits per heavy atom. The fourth-order valence-corrected chi connectivity index (χ4v) is 5.37. The van der Waals surface area contributed by atoms with Crippen molar-refractivity contribution in [1.82, 2.24) is 14.7 Å². The predicted octanol–water partition coefficient (Wildman–Crippen LogP) is 3.00. The van der Waals surface area contributed by atoms with E-state index >= 15 is 0 Å². The first kappa shape index (κ1) is 19.8. The molecule has 2 aromatic rings. The number of carbonyl (C=O) groups excluding carboxylic acids is 1. The maximum Gasteiger partial charge on any atom is 0.237 e. The van der Waals surface area contributed by atoms with Gasteiger partial charge in [0.05, 0.1) is 12.6 Å². The number of fused-ring (bicyclic) bond motifs is 1. The third kappa shape index (κ3) is 4.33. The van der Waals surface area contributed by atoms with Crippen molar-refractivity contribution in [2.45, 2.75) is 25.4 Å². The first-order valence-electron chi connectivity index (χ1n) is 10.9. The molecule has 0 bridgehead atoms. The van der Waals surface area contributed by atoms with Crippen molar-refractivity contribution in [3.8, 4) is 11.5 Å². The van der Waals surface area contributed by atoms with Crippen molar-refractivity contribution in [1.29, 1.82) is 0 Å². The Bertz CT molecular complexity index is 865. The van der Waals surface area contributed by atoms with Gasteiger partial charge >= 0.3 is 0 Å². The average Bonchev–Trinajstić information content (AvgIpc) is 3.47. The number of rotatable bonds is 5. The van der Waals surface area contributed by atoms with Gasteiger partial charge in [-0.3, -0.25) is 14.6 Å². The number of piperazine rings is 1. The molecule has 1 atom stereocenters. The molecule has 2 saturated heterocycles. The van der Waals surface area contributed by atoms with Crippen LogP contribution in [0.1, 0.15) is 30.0 Å². The molecule has 3 aliphatic heterocycles. The first-order valence-corrected chi connectivity index (χ1v) is 11.9. The van der Waals surface area contributed by atoms with E-state index in [1.165, 1.54) is 5.56 Å². The van der Waals surface area contributed by atoms with Gasteiger partial charge in [-0.05, 0) is 52.9 Å². The number of amides is 1. The normalized spacial score (nSPS) is 22.4. The minimum atomic E-state index is 0.146. The molecule has 0 radical (unpaired) electrons. The number of ether oxygens (including phenoxy) is 2. The Kier molecular flexibility index (Phi) is 5.93. The summed E-state index contributed by atoms with van der Waals surface area (Å²) in [6.07, 6.45) is 2.07. The van der Waals surface area contributed by atoms with Crippen LogP contribution in [0.2, 0.25) is 0 Å². The number of nitrogens with zero attached hydrogens (tertiary/aromatic N) is 3. The zero-order valence-corrected chi connectivity index (χ0v) is 18.1. The zero-order chi connectivity index (χ0) is 20.3. The molecule has 3 aliphatic rings. The van der Waals surface area contributed by atoms with Crippen LogP contribution in [-0.2, 0) is 11.3 Å². The quantitative estimate of drug-likeness (QED) is 0.734. The van der Waals surface area contributed by atoms with Gasteiger partial charge in [0.2, 0.25) is 5.91 Å². The smallest absolute Gasteiger partial charge is 0.237 e. The second kappa shape index (κ2) is 8.96. The van der Waals surface area contributed by atoms with E-state index in [4.69, 9.17) is 9.47 Å². The van der Waals surface area contributed by atoms with Crippen LogP contribution in [-0.4, -0.2) is 73.1 Å². The lowest BCUT2D eigenvalue weighted by molar-refractivity contribution is -0.133. The van der Waals surface area contributed by atoms with Gasteiger partial charge in [-0.15, -0.1) is 0 Å². The molecule has 0 N–H and O–H groups in total. The Morgan fingerprint density at radius 3 is 2.60 bits per heavy atom. The monoisotopic (exact) mass is 427 g/mol. The van der Waals surface area contributed by atoms with E-state index in [-0.39, 0.29) is 11.9 Å². The topological polar surface area (TPSA) is 45.3 Å². The molecule has 7 heteroatoms. The number of thiophene rings is 1. The second-order valence-electron chi connectivity index (χ2n) is 8.33. The van der Waals surface area contributed by atoms with Gasteiger partial charge in [-0.25, -0.2) is 0 Å². The zero-order valence-electron chi connectivity index (χ0n) is 17.3. The lowest BCUT2D eigenvalue weighted by Gasteiger charge is -2.35. The Morgan fingerprint density at radius 2 is 1.80 bits per heavy atom. The molecule has 0 spiro atoms. The maximum absolute atomic E-state index is 13.1. The van der Waals surface area contributed by atoms with Crippen molar-refractivity contribution in [3.63, 3.8) is 0 Å². The Labute approximate surface area is 182 Å². The molecule has 1 aromatic heterocycles. The van der Waals surface area contributed by atoms with Gasteiger partial charge in [0.15, 0.2) is 11.5 Å². The fraction of sp³-hybridized carbons (Fsp3) is 0.522. The molecule has 4 heterocycles. The van der Waals surface area contributed by atoms with Crippen molar-refractivity contribution >= 4 is 17.2 Å². The summed E-state index contributed by atoms with van der Waals surface area (Å²) in [5.74, 6) is 1.86. The van der Waals surface area contributed by atoms with E-state index in [1.807, 2.05) is 6.07 Å². The molecular formula is C23H29N3O3S.